The molecule has 1 heterocycles. The van der Waals surface area contributed by atoms with Crippen LogP contribution in [-0.2, 0) is 22.5 Å². The topological polar surface area (TPSA) is 92.2 Å². The van der Waals surface area contributed by atoms with Crippen molar-refractivity contribution in [3.8, 4) is 5.75 Å². The smallest absolute Gasteiger partial charge is 0.266 e. The van der Waals surface area contributed by atoms with Gasteiger partial charge in [0.25, 0.3) is 5.91 Å². The van der Waals surface area contributed by atoms with Crippen molar-refractivity contribution in [3.63, 3.8) is 0 Å². The zero-order valence-corrected chi connectivity index (χ0v) is 23.0. The first-order chi connectivity index (χ1) is 19.1. The molecule has 0 unspecified atom stereocenters. The van der Waals surface area contributed by atoms with Crippen LogP contribution in [0.1, 0.15) is 23.1 Å². The minimum Gasteiger partial charge on any atom is -0.494 e. The van der Waals surface area contributed by atoms with Crippen molar-refractivity contribution in [1.82, 2.24) is 10.9 Å². The Kier molecular flexibility index (Phi) is 8.56. The minimum absolute atomic E-state index is 0.0845. The van der Waals surface area contributed by atoms with Crippen LogP contribution in [0, 0.1) is 0 Å². The Balaban J connectivity index is 1.35. The molecule has 0 spiro atoms. The molecule has 5 rings (SSSR count). The zero-order chi connectivity index (χ0) is 27.1. The summed E-state index contributed by atoms with van der Waals surface area (Å²) in [7, 11) is 0. The molecular weight excluding hydrogens is 558 g/mol. The van der Waals surface area contributed by atoms with Gasteiger partial charge >= 0.3 is 0 Å². The van der Waals surface area contributed by atoms with Crippen LogP contribution in [0.4, 0.5) is 0 Å². The second-order valence-corrected chi connectivity index (χ2v) is 10.3. The van der Waals surface area contributed by atoms with Gasteiger partial charge in [0.1, 0.15) is 12.4 Å². The number of hydrazine groups is 1. The van der Waals surface area contributed by atoms with E-state index in [4.69, 9.17) is 19.6 Å². The number of carbonyl (C=O) groups excluding carboxylic acids is 1. The summed E-state index contributed by atoms with van der Waals surface area (Å²) < 4.78 is 12.6. The molecule has 1 aliphatic rings. The van der Waals surface area contributed by atoms with Crippen LogP contribution >= 0.6 is 15.9 Å². The van der Waals surface area contributed by atoms with Gasteiger partial charge in [-0.25, -0.2) is 10.4 Å². The Morgan fingerprint density at radius 2 is 1.72 bits per heavy atom. The number of halogens is 1. The van der Waals surface area contributed by atoms with Crippen molar-refractivity contribution >= 4 is 38.5 Å². The standard InChI is InChI=1S/C31H30BrN3O4/c32-28-12-4-2-8-24(28)19-31(21-39-29(34-31)23-13-15-26(16-14-23)38-18-6-17-36)30(37)35-33-20-25-10-5-9-22-7-1-3-11-27(22)25/h1-5,7-16,33,36H,6,17-21H2,(H,35,37)/t31-/m0/s1. The van der Waals surface area contributed by atoms with Gasteiger partial charge in [0.15, 0.2) is 5.54 Å². The van der Waals surface area contributed by atoms with Gasteiger partial charge in [0, 0.05) is 36.0 Å². The molecule has 0 saturated carbocycles. The molecule has 8 heteroatoms. The van der Waals surface area contributed by atoms with E-state index < -0.39 is 5.54 Å². The fourth-order valence-electron chi connectivity index (χ4n) is 4.57. The molecular formula is C31H30BrN3O4. The molecule has 4 aromatic carbocycles. The summed E-state index contributed by atoms with van der Waals surface area (Å²) in [6.45, 7) is 1.10. The number of aliphatic hydroxyl groups is 1. The number of benzene rings is 4. The summed E-state index contributed by atoms with van der Waals surface area (Å²) in [5, 5.41) is 11.2. The molecule has 0 aliphatic carbocycles. The van der Waals surface area contributed by atoms with Crippen molar-refractivity contribution in [1.29, 1.82) is 0 Å². The van der Waals surface area contributed by atoms with Gasteiger partial charge < -0.3 is 14.6 Å². The predicted molar refractivity (Wildman–Crippen MR) is 156 cm³/mol. The van der Waals surface area contributed by atoms with Crippen molar-refractivity contribution in [2.75, 3.05) is 19.8 Å². The number of fused-ring (bicyclic) bond motifs is 1. The summed E-state index contributed by atoms with van der Waals surface area (Å²) in [4.78, 5) is 18.6. The van der Waals surface area contributed by atoms with Gasteiger partial charge in [-0.1, -0.05) is 76.6 Å². The number of rotatable bonds is 11. The predicted octanol–water partition coefficient (Wildman–Crippen LogP) is 4.94. The van der Waals surface area contributed by atoms with Gasteiger partial charge in [-0.05, 0) is 52.2 Å². The van der Waals surface area contributed by atoms with E-state index in [-0.39, 0.29) is 19.1 Å². The highest BCUT2D eigenvalue weighted by molar-refractivity contribution is 9.10. The molecule has 3 N–H and O–H groups in total. The third-order valence-electron chi connectivity index (χ3n) is 6.66. The van der Waals surface area contributed by atoms with Crippen molar-refractivity contribution in [3.05, 3.63) is 112 Å². The number of aliphatic hydroxyl groups excluding tert-OH is 1. The van der Waals surface area contributed by atoms with Crippen LogP contribution < -0.4 is 15.6 Å². The fraction of sp³-hybridized carbons (Fsp3) is 0.226. The quantitative estimate of drug-likeness (QED) is 0.171. The first-order valence-electron chi connectivity index (χ1n) is 12.9. The highest BCUT2D eigenvalue weighted by Crippen LogP contribution is 2.30. The first kappa shape index (κ1) is 26.9. The fourth-order valence-corrected chi connectivity index (χ4v) is 4.99. The Bertz CT molecular complexity index is 1470. The van der Waals surface area contributed by atoms with Crippen LogP contribution in [0.3, 0.4) is 0 Å². The van der Waals surface area contributed by atoms with Gasteiger partial charge in [-0.15, -0.1) is 0 Å². The Morgan fingerprint density at radius 3 is 2.54 bits per heavy atom. The zero-order valence-electron chi connectivity index (χ0n) is 21.4. The lowest BCUT2D eigenvalue weighted by atomic mass is 9.91. The number of carbonyl (C=O) groups is 1. The molecule has 0 bridgehead atoms. The lowest BCUT2D eigenvalue weighted by Gasteiger charge is -2.24. The molecule has 0 saturated heterocycles. The largest absolute Gasteiger partial charge is 0.494 e. The van der Waals surface area contributed by atoms with Gasteiger partial charge in [-0.2, -0.15) is 0 Å². The second kappa shape index (κ2) is 12.4. The Morgan fingerprint density at radius 1 is 0.974 bits per heavy atom. The monoisotopic (exact) mass is 587 g/mol. The number of hydrogen-bond donors (Lipinski definition) is 3. The van der Waals surface area contributed by atoms with E-state index in [1.807, 2.05) is 72.8 Å². The van der Waals surface area contributed by atoms with E-state index in [1.54, 1.807) is 0 Å². The normalized spacial score (nSPS) is 16.5. The van der Waals surface area contributed by atoms with E-state index in [1.165, 1.54) is 0 Å². The molecule has 200 valence electrons. The summed E-state index contributed by atoms with van der Waals surface area (Å²) in [5.74, 6) is 0.839. The number of hydrogen-bond acceptors (Lipinski definition) is 6. The van der Waals surface area contributed by atoms with Crippen molar-refractivity contribution < 1.29 is 19.4 Å². The first-order valence-corrected chi connectivity index (χ1v) is 13.7. The number of nitrogens with zero attached hydrogens (tertiary/aromatic N) is 1. The third kappa shape index (κ3) is 6.30. The molecule has 0 aromatic heterocycles. The van der Waals surface area contributed by atoms with Crippen LogP contribution in [0.5, 0.6) is 5.75 Å². The molecule has 0 fully saturated rings. The number of amides is 1. The number of nitrogens with one attached hydrogen (secondary N) is 2. The van der Waals surface area contributed by atoms with E-state index >= 15 is 0 Å². The van der Waals surface area contributed by atoms with Crippen molar-refractivity contribution in [2.45, 2.75) is 24.9 Å². The van der Waals surface area contributed by atoms with Gasteiger partial charge in [0.05, 0.1) is 6.61 Å². The average Bonchev–Trinajstić information content (AvgIpc) is 3.40. The maximum atomic E-state index is 13.7. The van der Waals surface area contributed by atoms with Gasteiger partial charge in [0.2, 0.25) is 5.90 Å². The maximum absolute atomic E-state index is 13.7. The van der Waals surface area contributed by atoms with Gasteiger partial charge in [-0.3, -0.25) is 10.2 Å². The lowest BCUT2D eigenvalue weighted by Crippen LogP contribution is -2.52. The molecule has 7 nitrogen and oxygen atoms in total. The van der Waals surface area contributed by atoms with E-state index in [0.717, 1.165) is 31.9 Å². The highest BCUT2D eigenvalue weighted by Gasteiger charge is 2.45. The van der Waals surface area contributed by atoms with Crippen LogP contribution in [0.2, 0.25) is 0 Å². The molecule has 39 heavy (non-hydrogen) atoms. The van der Waals surface area contributed by atoms with Crippen LogP contribution in [0.15, 0.2) is 100 Å². The Labute approximate surface area is 236 Å². The van der Waals surface area contributed by atoms with E-state index in [0.29, 0.717) is 37.6 Å². The summed E-state index contributed by atoms with van der Waals surface area (Å²) in [6, 6.07) is 29.5. The molecule has 1 aliphatic heterocycles. The van der Waals surface area contributed by atoms with Crippen LogP contribution in [-0.4, -0.2) is 42.3 Å². The SMILES string of the molecule is O=C(NNCc1cccc2ccccc12)[C@]1(Cc2ccccc2Br)COC(c2ccc(OCCCO)cc2)=N1. The molecule has 1 amide bonds. The number of aliphatic imine (C=N–C) groups is 1. The lowest BCUT2D eigenvalue weighted by molar-refractivity contribution is -0.127. The Hall–Kier alpha value is -3.72. The molecule has 0 radical (unpaired) electrons. The van der Waals surface area contributed by atoms with Crippen molar-refractivity contribution in [2.24, 2.45) is 4.99 Å². The number of ether oxygens (including phenoxy) is 2. The van der Waals surface area contributed by atoms with E-state index in [9.17, 15) is 4.79 Å². The summed E-state index contributed by atoms with van der Waals surface area (Å²) >= 11 is 3.61. The van der Waals surface area contributed by atoms with Crippen LogP contribution in [0.25, 0.3) is 10.8 Å². The average molecular weight is 589 g/mol. The minimum atomic E-state index is -1.15. The third-order valence-corrected chi connectivity index (χ3v) is 7.43. The van der Waals surface area contributed by atoms with E-state index in [2.05, 4.69) is 45.0 Å². The molecule has 4 aromatic rings. The second-order valence-electron chi connectivity index (χ2n) is 9.40. The summed E-state index contributed by atoms with van der Waals surface area (Å²) in [6.07, 6.45) is 0.931. The summed E-state index contributed by atoms with van der Waals surface area (Å²) in [5.41, 5.74) is 7.66. The maximum Gasteiger partial charge on any atom is 0.266 e. The highest BCUT2D eigenvalue weighted by atomic mass is 79.9. The molecule has 1 atom stereocenters.